The highest BCUT2D eigenvalue weighted by Crippen LogP contribution is 2.48. The maximum Gasteiger partial charge on any atom is 0.418 e. The van der Waals surface area contributed by atoms with Gasteiger partial charge in [0.25, 0.3) is 0 Å². The van der Waals surface area contributed by atoms with Gasteiger partial charge in [0.2, 0.25) is 5.82 Å². The number of carbonyl (C=O) groups is 1. The van der Waals surface area contributed by atoms with Crippen molar-refractivity contribution in [1.82, 2.24) is 39.2 Å². The van der Waals surface area contributed by atoms with Crippen LogP contribution in [-0.4, -0.2) is 117 Å². The van der Waals surface area contributed by atoms with E-state index in [9.17, 15) is 23.2 Å². The molecular formula is C40H48ClF4N11O2. The van der Waals surface area contributed by atoms with Crippen LogP contribution in [0, 0.1) is 29.5 Å². The highest BCUT2D eigenvalue weighted by atomic mass is 35.5. The molecule has 0 unspecified atom stereocenters. The van der Waals surface area contributed by atoms with E-state index in [1.807, 2.05) is 17.9 Å². The number of nitrogens with two attached hydrogens (primary N) is 1. The summed E-state index contributed by atoms with van der Waals surface area (Å²) in [7, 11) is 2.10. The maximum atomic E-state index is 16.9. The lowest BCUT2D eigenvalue weighted by molar-refractivity contribution is -0.137. The van der Waals surface area contributed by atoms with Gasteiger partial charge in [0.15, 0.2) is 5.82 Å². The lowest BCUT2D eigenvalue weighted by Crippen LogP contribution is -2.49. The van der Waals surface area contributed by atoms with Crippen LogP contribution in [0.25, 0.3) is 22.2 Å². The van der Waals surface area contributed by atoms with Gasteiger partial charge in [-0.25, -0.2) is 23.7 Å². The fourth-order valence-electron chi connectivity index (χ4n) is 7.76. The van der Waals surface area contributed by atoms with E-state index < -0.39 is 28.8 Å². The number of halogens is 5. The molecule has 2 saturated heterocycles. The first-order chi connectivity index (χ1) is 27.7. The largest absolute Gasteiger partial charge is 0.463 e. The molecule has 8 rings (SSSR count). The van der Waals surface area contributed by atoms with Crippen LogP contribution >= 0.6 is 11.6 Å². The van der Waals surface area contributed by atoms with Crippen molar-refractivity contribution in [3.63, 3.8) is 0 Å². The van der Waals surface area contributed by atoms with Crippen molar-refractivity contribution < 1.29 is 27.1 Å². The highest BCUT2D eigenvalue weighted by molar-refractivity contribution is 6.34. The van der Waals surface area contributed by atoms with Crippen molar-refractivity contribution in [2.24, 2.45) is 5.41 Å². The van der Waals surface area contributed by atoms with Crippen molar-refractivity contribution in [3.8, 4) is 23.3 Å². The first-order valence-electron chi connectivity index (χ1n) is 19.8. The summed E-state index contributed by atoms with van der Waals surface area (Å²) >= 11 is 6.67. The summed E-state index contributed by atoms with van der Waals surface area (Å²) < 4.78 is 67.6. The van der Waals surface area contributed by atoms with E-state index in [4.69, 9.17) is 27.1 Å². The van der Waals surface area contributed by atoms with Crippen LogP contribution in [0.4, 0.5) is 34.0 Å². The van der Waals surface area contributed by atoms with Gasteiger partial charge < -0.3 is 30.1 Å². The molecule has 5 heterocycles. The Bertz CT molecular complexity index is 2190. The van der Waals surface area contributed by atoms with Crippen LogP contribution < -0.4 is 15.4 Å². The zero-order chi connectivity index (χ0) is 41.4. The molecule has 2 aliphatic heterocycles. The highest BCUT2D eigenvalue weighted by Gasteiger charge is 2.45. The number of aromatic nitrogens is 5. The third-order valence-corrected chi connectivity index (χ3v) is 11.6. The lowest BCUT2D eigenvalue weighted by atomic mass is 9.98. The molecule has 0 spiro atoms. The Morgan fingerprint density at radius 2 is 1.78 bits per heavy atom. The Hall–Kier alpha value is -4.79. The van der Waals surface area contributed by atoms with Gasteiger partial charge in [-0.15, -0.1) is 0 Å². The van der Waals surface area contributed by atoms with E-state index in [1.165, 1.54) is 49.2 Å². The molecule has 0 bridgehead atoms. The molecule has 13 nitrogen and oxygen atoms in total. The number of aryl methyl sites for hydroxylation is 1. The molecule has 4 aromatic rings. The molecule has 58 heavy (non-hydrogen) atoms. The third kappa shape index (κ3) is 8.93. The first-order valence-corrected chi connectivity index (χ1v) is 20.2. The second kappa shape index (κ2) is 16.8. The first kappa shape index (κ1) is 41.4. The summed E-state index contributed by atoms with van der Waals surface area (Å²) in [4.78, 5) is 38.9. The number of alkyl halides is 3. The maximum absolute atomic E-state index is 16.9. The van der Waals surface area contributed by atoms with E-state index in [0.717, 1.165) is 51.6 Å². The van der Waals surface area contributed by atoms with E-state index in [0.29, 0.717) is 38.3 Å². The standard InChI is InChI=1S/C37H42ClF4N11O2.C3H6/c1-4-52(35(54)53-12-9-45-27(53)19-43)23-5-10-51(11-6-23)33-24-18-25(38)28(32-29(37(40,41)42)22(2)17-26(44)46-32)30(39)31(24)47-34(48-33)55-21-36(7-8-36)20-50-15-13-49(3)14-16-50;1-2-3-1/h9,12,17-18,23H,4-8,10-11,13-16,20-21H2,1-3H3,(H2,44,46);1-3H2. The number of rotatable bonds is 9. The lowest BCUT2D eigenvalue weighted by Gasteiger charge is -2.38. The minimum Gasteiger partial charge on any atom is -0.463 e. The van der Waals surface area contributed by atoms with Gasteiger partial charge in [0.05, 0.1) is 28.5 Å². The molecule has 2 aliphatic carbocycles. The molecule has 4 fully saturated rings. The van der Waals surface area contributed by atoms with Crippen LogP contribution in [0.3, 0.4) is 0 Å². The summed E-state index contributed by atoms with van der Waals surface area (Å²) in [5.74, 6) is -1.04. The molecule has 1 amide bonds. The number of ether oxygens (including phenoxy) is 1. The van der Waals surface area contributed by atoms with Gasteiger partial charge in [-0.05, 0) is 64.3 Å². The Morgan fingerprint density at radius 3 is 2.38 bits per heavy atom. The van der Waals surface area contributed by atoms with Crippen LogP contribution in [0.5, 0.6) is 6.01 Å². The summed E-state index contributed by atoms with van der Waals surface area (Å²) in [5.41, 5.74) is 2.81. The number of nitrogens with zero attached hydrogens (tertiary/aromatic N) is 10. The summed E-state index contributed by atoms with van der Waals surface area (Å²) in [5, 5.41) is 9.29. The number of pyridine rings is 1. The fourth-order valence-corrected chi connectivity index (χ4v) is 8.04. The quantitative estimate of drug-likeness (QED) is 0.174. The predicted molar refractivity (Wildman–Crippen MR) is 212 cm³/mol. The number of nitrogen functional groups attached to an aromatic ring is 1. The van der Waals surface area contributed by atoms with Gasteiger partial charge in [0.1, 0.15) is 23.2 Å². The Kier molecular flexibility index (Phi) is 12.0. The molecule has 0 atom stereocenters. The van der Waals surface area contributed by atoms with Gasteiger partial charge in [0, 0.05) is 81.6 Å². The third-order valence-electron chi connectivity index (χ3n) is 11.3. The predicted octanol–water partition coefficient (Wildman–Crippen LogP) is 7.00. The molecular weight excluding hydrogens is 778 g/mol. The number of amides is 1. The SMILES string of the molecule is C1CC1.CCN(C(=O)n1ccnc1C#N)C1CCN(c2nc(OCC3(CN4CCN(C)CC4)CC3)nc3c(F)c(-c4nc(N)cc(C)c4C(F)(F)F)c(Cl)cc23)CC1. The van der Waals surface area contributed by atoms with Crippen molar-refractivity contribution in [3.05, 3.63) is 52.3 Å². The summed E-state index contributed by atoms with van der Waals surface area (Å²) in [6.45, 7) is 9.21. The number of benzene rings is 1. The van der Waals surface area contributed by atoms with Crippen molar-refractivity contribution in [2.45, 2.75) is 71.0 Å². The van der Waals surface area contributed by atoms with Crippen molar-refractivity contribution >= 4 is 40.2 Å². The topological polar surface area (TPSA) is 146 Å². The smallest absolute Gasteiger partial charge is 0.418 e. The zero-order valence-electron chi connectivity index (χ0n) is 33.0. The number of imidazole rings is 1. The second-order valence-electron chi connectivity index (χ2n) is 15.8. The Morgan fingerprint density at radius 1 is 1.09 bits per heavy atom. The fraction of sp³-hybridized carbons (Fsp3) is 0.550. The number of hydrogen-bond donors (Lipinski definition) is 1. The molecule has 310 valence electrons. The summed E-state index contributed by atoms with van der Waals surface area (Å²) in [6.07, 6.45) is 5.37. The zero-order valence-corrected chi connectivity index (χ0v) is 33.7. The van der Waals surface area contributed by atoms with E-state index in [-0.39, 0.29) is 63.2 Å². The minimum atomic E-state index is -4.88. The molecule has 18 heteroatoms. The number of fused-ring (bicyclic) bond motifs is 1. The number of hydrogen-bond acceptors (Lipinski definition) is 11. The second-order valence-corrected chi connectivity index (χ2v) is 16.2. The monoisotopic (exact) mass is 825 g/mol. The number of likely N-dealkylation sites (N-methyl/N-ethyl adjacent to an activating group) is 1. The number of piperidine rings is 1. The van der Waals surface area contributed by atoms with E-state index in [2.05, 4.69) is 31.8 Å². The van der Waals surface area contributed by atoms with Gasteiger partial charge >= 0.3 is 18.2 Å². The van der Waals surface area contributed by atoms with Crippen LogP contribution in [0.15, 0.2) is 24.5 Å². The van der Waals surface area contributed by atoms with Gasteiger partial charge in [-0.1, -0.05) is 30.9 Å². The van der Waals surface area contributed by atoms with Crippen molar-refractivity contribution in [1.29, 1.82) is 5.26 Å². The van der Waals surface area contributed by atoms with Crippen LogP contribution in [-0.2, 0) is 6.18 Å². The molecule has 2 N–H and O–H groups in total. The number of carbonyl (C=O) groups excluding carboxylic acids is 1. The van der Waals surface area contributed by atoms with E-state index in [1.54, 1.807) is 4.90 Å². The Balaban J connectivity index is 0.00000163. The average molecular weight is 826 g/mol. The normalized spacial score (nSPS) is 18.4. The average Bonchev–Trinajstić information content (AvgIpc) is 4.14. The number of anilines is 2. The molecule has 1 aromatic carbocycles. The molecule has 0 radical (unpaired) electrons. The van der Waals surface area contributed by atoms with Crippen LogP contribution in [0.2, 0.25) is 5.02 Å². The molecule has 3 aromatic heterocycles. The van der Waals surface area contributed by atoms with Crippen molar-refractivity contribution in [2.75, 3.05) is 76.6 Å². The van der Waals surface area contributed by atoms with Gasteiger partial charge in [-0.3, -0.25) is 0 Å². The van der Waals surface area contributed by atoms with Gasteiger partial charge in [-0.2, -0.15) is 28.4 Å². The number of nitriles is 1. The molecule has 2 saturated carbocycles. The molecule has 4 aliphatic rings. The number of piperazine rings is 1. The Labute approximate surface area is 339 Å². The summed E-state index contributed by atoms with van der Waals surface area (Å²) in [6, 6.07) is 3.71. The van der Waals surface area contributed by atoms with Crippen LogP contribution in [0.1, 0.15) is 68.8 Å². The van der Waals surface area contributed by atoms with E-state index >= 15 is 4.39 Å². The minimum absolute atomic E-state index is 0.0124.